The molecule has 1 unspecified atom stereocenters. The van der Waals surface area contributed by atoms with E-state index in [4.69, 9.17) is 11.5 Å². The molecule has 1 aromatic carbocycles. The van der Waals surface area contributed by atoms with Crippen LogP contribution < -0.4 is 27.4 Å². The lowest BCUT2D eigenvalue weighted by atomic mass is 10.1. The van der Waals surface area contributed by atoms with Crippen LogP contribution >= 0.6 is 0 Å². The molecule has 0 heterocycles. The molecule has 0 saturated carbocycles. The fourth-order valence-corrected chi connectivity index (χ4v) is 1.87. The van der Waals surface area contributed by atoms with Crippen molar-refractivity contribution < 1.29 is 14.4 Å². The summed E-state index contributed by atoms with van der Waals surface area (Å²) in [5.74, 6) is -0.533. The molecule has 0 radical (unpaired) electrons. The first kappa shape index (κ1) is 24.4. The number of hydrogen-bond acceptors (Lipinski definition) is 4. The summed E-state index contributed by atoms with van der Waals surface area (Å²) in [6.45, 7) is 8.36. The highest BCUT2D eigenvalue weighted by Crippen LogP contribution is 2.09. The fourth-order valence-electron chi connectivity index (χ4n) is 1.87. The van der Waals surface area contributed by atoms with E-state index in [0.717, 1.165) is 18.5 Å². The minimum absolute atomic E-state index is 0.0413. The van der Waals surface area contributed by atoms with Crippen LogP contribution in [0, 0.1) is 5.92 Å². The Bertz CT molecular complexity index is 588. The van der Waals surface area contributed by atoms with Crippen LogP contribution in [0.3, 0.4) is 0 Å². The SMILES string of the molecule is CCCNC(N)=O.CCc1ccc(NC(=O)CNC(=O)C(N)C(C)C)cc1. The zero-order chi connectivity index (χ0) is 20.8. The van der Waals surface area contributed by atoms with Gasteiger partial charge in [0.05, 0.1) is 12.6 Å². The molecule has 1 rings (SSSR count). The van der Waals surface area contributed by atoms with E-state index in [1.807, 2.05) is 45.0 Å². The molecule has 0 aromatic heterocycles. The zero-order valence-electron chi connectivity index (χ0n) is 16.7. The van der Waals surface area contributed by atoms with Crippen LogP contribution in [0.4, 0.5) is 10.5 Å². The standard InChI is InChI=1S/C15H23N3O2.C4H10N2O/c1-4-11-5-7-12(8-6-11)18-13(19)9-17-15(20)14(16)10(2)3;1-2-3-6-4(5)7/h5-8,10,14H,4,9,16H2,1-3H3,(H,17,20)(H,18,19);2-3H2,1H3,(H3,5,6,7). The smallest absolute Gasteiger partial charge is 0.312 e. The largest absolute Gasteiger partial charge is 0.352 e. The van der Waals surface area contributed by atoms with Gasteiger partial charge in [-0.1, -0.05) is 39.8 Å². The van der Waals surface area contributed by atoms with Crippen molar-refractivity contribution in [2.75, 3.05) is 18.4 Å². The van der Waals surface area contributed by atoms with Crippen molar-refractivity contribution in [1.29, 1.82) is 0 Å². The van der Waals surface area contributed by atoms with E-state index in [2.05, 4.69) is 22.9 Å². The van der Waals surface area contributed by atoms with Crippen LogP contribution in [0.1, 0.15) is 39.7 Å². The van der Waals surface area contributed by atoms with E-state index >= 15 is 0 Å². The number of benzene rings is 1. The van der Waals surface area contributed by atoms with Gasteiger partial charge in [-0.05, 0) is 36.5 Å². The van der Waals surface area contributed by atoms with E-state index in [1.54, 1.807) is 0 Å². The van der Waals surface area contributed by atoms with E-state index in [0.29, 0.717) is 6.54 Å². The number of primary amides is 1. The molecule has 27 heavy (non-hydrogen) atoms. The average molecular weight is 380 g/mol. The molecule has 4 amide bonds. The normalized spacial score (nSPS) is 11.0. The average Bonchev–Trinajstić information content (AvgIpc) is 2.64. The van der Waals surface area contributed by atoms with Crippen molar-refractivity contribution in [3.8, 4) is 0 Å². The van der Waals surface area contributed by atoms with Gasteiger partial charge in [0.15, 0.2) is 0 Å². The topological polar surface area (TPSA) is 139 Å². The van der Waals surface area contributed by atoms with Crippen LogP contribution in [0.15, 0.2) is 24.3 Å². The van der Waals surface area contributed by atoms with E-state index in [-0.39, 0.29) is 24.3 Å². The second-order valence-corrected chi connectivity index (χ2v) is 6.38. The summed E-state index contributed by atoms with van der Waals surface area (Å²) in [6, 6.07) is 6.58. The van der Waals surface area contributed by atoms with Gasteiger partial charge in [0.1, 0.15) is 0 Å². The highest BCUT2D eigenvalue weighted by molar-refractivity contribution is 5.95. The quantitative estimate of drug-likeness (QED) is 0.465. The van der Waals surface area contributed by atoms with E-state index in [1.165, 1.54) is 5.56 Å². The Morgan fingerprint density at radius 2 is 1.63 bits per heavy atom. The fraction of sp³-hybridized carbons (Fsp3) is 0.526. The number of hydrogen-bond donors (Lipinski definition) is 5. The van der Waals surface area contributed by atoms with Crippen molar-refractivity contribution in [2.24, 2.45) is 17.4 Å². The molecule has 0 bridgehead atoms. The van der Waals surface area contributed by atoms with Crippen LogP contribution in [0.25, 0.3) is 0 Å². The number of nitrogens with one attached hydrogen (secondary N) is 3. The Balaban J connectivity index is 0.000000821. The predicted molar refractivity (Wildman–Crippen MR) is 108 cm³/mol. The van der Waals surface area contributed by atoms with Crippen molar-refractivity contribution in [2.45, 2.75) is 46.6 Å². The number of urea groups is 1. The number of carbonyl (C=O) groups is 3. The van der Waals surface area contributed by atoms with E-state index < -0.39 is 12.1 Å². The Labute approximate surface area is 161 Å². The lowest BCUT2D eigenvalue weighted by Crippen LogP contribution is -2.46. The maximum atomic E-state index is 11.7. The molecule has 0 saturated heterocycles. The first-order valence-electron chi connectivity index (χ1n) is 9.16. The van der Waals surface area contributed by atoms with E-state index in [9.17, 15) is 14.4 Å². The second kappa shape index (κ2) is 13.6. The third-order valence-corrected chi connectivity index (χ3v) is 3.64. The van der Waals surface area contributed by atoms with Gasteiger partial charge < -0.3 is 27.4 Å². The number of aryl methyl sites for hydroxylation is 1. The summed E-state index contributed by atoms with van der Waals surface area (Å²) in [6.07, 6.45) is 1.89. The molecular formula is C19H33N5O3. The highest BCUT2D eigenvalue weighted by atomic mass is 16.2. The maximum Gasteiger partial charge on any atom is 0.312 e. The van der Waals surface area contributed by atoms with Crippen LogP contribution in [0.5, 0.6) is 0 Å². The molecule has 0 spiro atoms. The Morgan fingerprint density at radius 1 is 1.04 bits per heavy atom. The summed E-state index contributed by atoms with van der Waals surface area (Å²) in [5.41, 5.74) is 12.3. The summed E-state index contributed by atoms with van der Waals surface area (Å²) in [7, 11) is 0. The second-order valence-electron chi connectivity index (χ2n) is 6.38. The van der Waals surface area contributed by atoms with Crippen molar-refractivity contribution in [1.82, 2.24) is 10.6 Å². The van der Waals surface area contributed by atoms with Crippen LogP contribution in [-0.4, -0.2) is 37.0 Å². The summed E-state index contributed by atoms with van der Waals surface area (Å²) in [5, 5.41) is 7.69. The third kappa shape index (κ3) is 11.6. The Morgan fingerprint density at radius 3 is 2.04 bits per heavy atom. The maximum absolute atomic E-state index is 11.7. The molecule has 152 valence electrons. The Hall–Kier alpha value is -2.61. The van der Waals surface area contributed by atoms with Gasteiger partial charge in [-0.2, -0.15) is 0 Å². The van der Waals surface area contributed by atoms with Crippen molar-refractivity contribution >= 4 is 23.5 Å². The molecular weight excluding hydrogens is 346 g/mol. The molecule has 1 aromatic rings. The molecule has 0 aliphatic carbocycles. The molecule has 0 fully saturated rings. The molecule has 8 nitrogen and oxygen atoms in total. The summed E-state index contributed by atoms with van der Waals surface area (Å²) < 4.78 is 0. The number of carbonyl (C=O) groups excluding carboxylic acids is 3. The molecule has 8 heteroatoms. The number of amides is 4. The van der Waals surface area contributed by atoms with Crippen LogP contribution in [-0.2, 0) is 16.0 Å². The minimum atomic E-state index is -0.591. The molecule has 0 aliphatic rings. The first-order valence-corrected chi connectivity index (χ1v) is 9.16. The lowest BCUT2D eigenvalue weighted by Gasteiger charge is -2.15. The summed E-state index contributed by atoms with van der Waals surface area (Å²) in [4.78, 5) is 33.2. The van der Waals surface area contributed by atoms with Crippen molar-refractivity contribution in [3.63, 3.8) is 0 Å². The predicted octanol–water partition coefficient (Wildman–Crippen LogP) is 1.35. The highest BCUT2D eigenvalue weighted by Gasteiger charge is 2.17. The van der Waals surface area contributed by atoms with Crippen molar-refractivity contribution in [3.05, 3.63) is 29.8 Å². The number of anilines is 1. The third-order valence-electron chi connectivity index (χ3n) is 3.64. The molecule has 0 aliphatic heterocycles. The monoisotopic (exact) mass is 379 g/mol. The molecule has 7 N–H and O–H groups in total. The minimum Gasteiger partial charge on any atom is -0.352 e. The van der Waals surface area contributed by atoms with Crippen LogP contribution in [0.2, 0.25) is 0 Å². The van der Waals surface area contributed by atoms with Gasteiger partial charge in [-0.15, -0.1) is 0 Å². The van der Waals surface area contributed by atoms with Gasteiger partial charge >= 0.3 is 6.03 Å². The Kier molecular flexibility index (Phi) is 12.3. The van der Waals surface area contributed by atoms with Gasteiger partial charge in [0.25, 0.3) is 0 Å². The summed E-state index contributed by atoms with van der Waals surface area (Å²) >= 11 is 0. The number of nitrogens with two attached hydrogens (primary N) is 2. The van der Waals surface area contributed by atoms with Gasteiger partial charge in [-0.3, -0.25) is 9.59 Å². The first-order chi connectivity index (χ1) is 12.7. The van der Waals surface area contributed by atoms with Gasteiger partial charge in [-0.25, -0.2) is 4.79 Å². The lowest BCUT2D eigenvalue weighted by molar-refractivity contribution is -0.125. The zero-order valence-corrected chi connectivity index (χ0v) is 16.7. The molecule has 1 atom stereocenters. The van der Waals surface area contributed by atoms with Gasteiger partial charge in [0, 0.05) is 12.2 Å². The van der Waals surface area contributed by atoms with Gasteiger partial charge in [0.2, 0.25) is 11.8 Å². The number of rotatable bonds is 8.